The van der Waals surface area contributed by atoms with Crippen LogP contribution in [0.25, 0.3) is 0 Å². The standard InChI is InChI=1S/C17H28N2/c1-14(2)11-15(12-18)13-19-10-6-5-8-16-7-3-4-9-17(16)19/h3-4,7,9,14-15H,5-6,8,10-13,18H2,1-2H3. The van der Waals surface area contributed by atoms with Crippen molar-refractivity contribution in [1.29, 1.82) is 0 Å². The van der Waals surface area contributed by atoms with E-state index in [2.05, 4.69) is 43.0 Å². The number of aryl methyl sites for hydroxylation is 1. The van der Waals surface area contributed by atoms with E-state index in [1.54, 1.807) is 0 Å². The Hall–Kier alpha value is -1.02. The average molecular weight is 260 g/mol. The summed E-state index contributed by atoms with van der Waals surface area (Å²) in [4.78, 5) is 2.57. The van der Waals surface area contributed by atoms with Gasteiger partial charge in [-0.25, -0.2) is 0 Å². The van der Waals surface area contributed by atoms with Gasteiger partial charge in [0.25, 0.3) is 0 Å². The van der Waals surface area contributed by atoms with Crippen LogP contribution in [0.15, 0.2) is 24.3 Å². The number of nitrogens with zero attached hydrogens (tertiary/aromatic N) is 1. The van der Waals surface area contributed by atoms with Crippen LogP contribution in [-0.4, -0.2) is 19.6 Å². The maximum absolute atomic E-state index is 5.97. The van der Waals surface area contributed by atoms with Crippen molar-refractivity contribution in [1.82, 2.24) is 0 Å². The first-order chi connectivity index (χ1) is 9.20. The smallest absolute Gasteiger partial charge is 0.0398 e. The van der Waals surface area contributed by atoms with E-state index in [1.165, 1.54) is 43.5 Å². The van der Waals surface area contributed by atoms with Gasteiger partial charge in [-0.2, -0.15) is 0 Å². The zero-order chi connectivity index (χ0) is 13.7. The Labute approximate surface area is 118 Å². The molecule has 0 fully saturated rings. The molecule has 106 valence electrons. The first-order valence-corrected chi connectivity index (χ1v) is 7.73. The molecule has 0 saturated carbocycles. The Bertz CT molecular complexity index is 387. The van der Waals surface area contributed by atoms with Gasteiger partial charge in [-0.05, 0) is 55.7 Å². The minimum absolute atomic E-state index is 0.617. The second kappa shape index (κ2) is 6.95. The Kier molecular flexibility index (Phi) is 5.26. The van der Waals surface area contributed by atoms with Gasteiger partial charge in [0.15, 0.2) is 0 Å². The van der Waals surface area contributed by atoms with E-state index in [9.17, 15) is 0 Å². The van der Waals surface area contributed by atoms with E-state index in [-0.39, 0.29) is 0 Å². The fourth-order valence-corrected chi connectivity index (χ4v) is 3.18. The Balaban J connectivity index is 2.10. The highest BCUT2D eigenvalue weighted by Gasteiger charge is 2.18. The number of rotatable bonds is 5. The first kappa shape index (κ1) is 14.4. The van der Waals surface area contributed by atoms with Crippen LogP contribution in [0, 0.1) is 11.8 Å². The minimum Gasteiger partial charge on any atom is -0.371 e. The fraction of sp³-hybridized carbons (Fsp3) is 0.647. The maximum Gasteiger partial charge on any atom is 0.0398 e. The van der Waals surface area contributed by atoms with Crippen molar-refractivity contribution >= 4 is 5.69 Å². The van der Waals surface area contributed by atoms with Gasteiger partial charge in [0.05, 0.1) is 0 Å². The minimum atomic E-state index is 0.617. The van der Waals surface area contributed by atoms with Crippen molar-refractivity contribution in [2.75, 3.05) is 24.5 Å². The van der Waals surface area contributed by atoms with Crippen molar-refractivity contribution in [3.8, 4) is 0 Å². The van der Waals surface area contributed by atoms with Gasteiger partial charge < -0.3 is 10.6 Å². The molecule has 1 unspecified atom stereocenters. The molecule has 0 amide bonds. The summed E-state index contributed by atoms with van der Waals surface area (Å²) < 4.78 is 0. The van der Waals surface area contributed by atoms with Gasteiger partial charge in [-0.3, -0.25) is 0 Å². The number of benzene rings is 1. The van der Waals surface area contributed by atoms with Gasteiger partial charge in [-0.15, -0.1) is 0 Å². The van der Waals surface area contributed by atoms with Gasteiger partial charge in [0, 0.05) is 18.8 Å². The Morgan fingerprint density at radius 3 is 2.74 bits per heavy atom. The van der Waals surface area contributed by atoms with Gasteiger partial charge in [-0.1, -0.05) is 32.0 Å². The maximum atomic E-state index is 5.97. The molecule has 2 rings (SSSR count). The van der Waals surface area contributed by atoms with Crippen LogP contribution >= 0.6 is 0 Å². The first-order valence-electron chi connectivity index (χ1n) is 7.73. The second-order valence-electron chi connectivity index (χ2n) is 6.26. The Morgan fingerprint density at radius 1 is 1.21 bits per heavy atom. The molecular weight excluding hydrogens is 232 g/mol. The summed E-state index contributed by atoms with van der Waals surface area (Å²) in [5.74, 6) is 1.35. The molecule has 1 atom stereocenters. The summed E-state index contributed by atoms with van der Waals surface area (Å²) in [5.41, 5.74) is 8.93. The lowest BCUT2D eigenvalue weighted by Gasteiger charge is -2.30. The lowest BCUT2D eigenvalue weighted by Crippen LogP contribution is -2.34. The van der Waals surface area contributed by atoms with Gasteiger partial charge >= 0.3 is 0 Å². The topological polar surface area (TPSA) is 29.3 Å². The van der Waals surface area contributed by atoms with Crippen LogP contribution in [0.4, 0.5) is 5.69 Å². The zero-order valence-electron chi connectivity index (χ0n) is 12.4. The van der Waals surface area contributed by atoms with Crippen molar-refractivity contribution in [3.05, 3.63) is 29.8 Å². The molecule has 2 N–H and O–H groups in total. The van der Waals surface area contributed by atoms with Gasteiger partial charge in [0.1, 0.15) is 0 Å². The largest absolute Gasteiger partial charge is 0.371 e. The molecule has 1 heterocycles. The van der Waals surface area contributed by atoms with Crippen LogP contribution in [0.2, 0.25) is 0 Å². The number of para-hydroxylation sites is 1. The highest BCUT2D eigenvalue weighted by molar-refractivity contribution is 5.54. The summed E-state index contributed by atoms with van der Waals surface area (Å²) in [6.07, 6.45) is 5.07. The molecule has 0 aliphatic carbocycles. The zero-order valence-corrected chi connectivity index (χ0v) is 12.4. The van der Waals surface area contributed by atoms with E-state index in [4.69, 9.17) is 5.73 Å². The fourth-order valence-electron chi connectivity index (χ4n) is 3.18. The lowest BCUT2D eigenvalue weighted by atomic mass is 9.96. The number of hydrogen-bond acceptors (Lipinski definition) is 2. The number of nitrogens with two attached hydrogens (primary N) is 1. The molecule has 1 aromatic carbocycles. The summed E-state index contributed by atoms with van der Waals surface area (Å²) in [6.45, 7) is 7.69. The molecular formula is C17H28N2. The molecule has 2 nitrogen and oxygen atoms in total. The lowest BCUT2D eigenvalue weighted by molar-refractivity contribution is 0.413. The number of anilines is 1. The highest BCUT2D eigenvalue weighted by atomic mass is 15.1. The van der Waals surface area contributed by atoms with E-state index in [1.807, 2.05) is 0 Å². The summed E-state index contributed by atoms with van der Waals surface area (Å²) in [5, 5.41) is 0. The monoisotopic (exact) mass is 260 g/mol. The molecule has 0 spiro atoms. The molecule has 1 aromatic rings. The Morgan fingerprint density at radius 2 is 2.00 bits per heavy atom. The molecule has 2 heteroatoms. The van der Waals surface area contributed by atoms with E-state index < -0.39 is 0 Å². The molecule has 0 radical (unpaired) electrons. The third-order valence-corrected chi connectivity index (χ3v) is 4.07. The highest BCUT2D eigenvalue weighted by Crippen LogP contribution is 2.27. The van der Waals surface area contributed by atoms with Crippen LogP contribution in [-0.2, 0) is 6.42 Å². The van der Waals surface area contributed by atoms with E-state index in [0.29, 0.717) is 5.92 Å². The molecule has 0 saturated heterocycles. The number of hydrogen-bond donors (Lipinski definition) is 1. The normalized spacial score (nSPS) is 17.2. The molecule has 0 aromatic heterocycles. The summed E-state index contributed by atoms with van der Waals surface area (Å²) in [7, 11) is 0. The third-order valence-electron chi connectivity index (χ3n) is 4.07. The molecule has 19 heavy (non-hydrogen) atoms. The molecule has 1 aliphatic heterocycles. The van der Waals surface area contributed by atoms with Crippen LogP contribution in [0.5, 0.6) is 0 Å². The molecule has 0 bridgehead atoms. The van der Waals surface area contributed by atoms with E-state index in [0.717, 1.165) is 19.0 Å². The van der Waals surface area contributed by atoms with Crippen molar-refractivity contribution < 1.29 is 0 Å². The molecule has 1 aliphatic rings. The van der Waals surface area contributed by atoms with Crippen molar-refractivity contribution in [2.24, 2.45) is 17.6 Å². The van der Waals surface area contributed by atoms with E-state index >= 15 is 0 Å². The summed E-state index contributed by atoms with van der Waals surface area (Å²) in [6, 6.07) is 8.89. The predicted molar refractivity (Wildman–Crippen MR) is 83.6 cm³/mol. The predicted octanol–water partition coefficient (Wildman–Crippen LogP) is 3.45. The summed E-state index contributed by atoms with van der Waals surface area (Å²) >= 11 is 0. The second-order valence-corrected chi connectivity index (χ2v) is 6.26. The van der Waals surface area contributed by atoms with Crippen molar-refractivity contribution in [3.63, 3.8) is 0 Å². The quantitative estimate of drug-likeness (QED) is 0.878. The van der Waals surface area contributed by atoms with Crippen molar-refractivity contribution in [2.45, 2.75) is 39.5 Å². The average Bonchev–Trinajstić information content (AvgIpc) is 2.60. The third kappa shape index (κ3) is 3.97. The van der Waals surface area contributed by atoms with Crippen LogP contribution in [0.1, 0.15) is 38.7 Å². The number of fused-ring (bicyclic) bond motifs is 1. The van der Waals surface area contributed by atoms with Crippen LogP contribution < -0.4 is 10.6 Å². The van der Waals surface area contributed by atoms with Crippen LogP contribution in [0.3, 0.4) is 0 Å². The van der Waals surface area contributed by atoms with Gasteiger partial charge in [0.2, 0.25) is 0 Å². The SMILES string of the molecule is CC(C)CC(CN)CN1CCCCc2ccccc21.